The summed E-state index contributed by atoms with van der Waals surface area (Å²) >= 11 is 0. The summed E-state index contributed by atoms with van der Waals surface area (Å²) in [6, 6.07) is 5.05. The lowest BCUT2D eigenvalue weighted by Gasteiger charge is -2.28. The van der Waals surface area contributed by atoms with E-state index in [0.29, 0.717) is 12.1 Å². The van der Waals surface area contributed by atoms with Crippen LogP contribution in [0.25, 0.3) is 0 Å². The van der Waals surface area contributed by atoms with Crippen molar-refractivity contribution in [3.8, 4) is 0 Å². The number of nitrogens with one attached hydrogen (secondary N) is 2. The molecule has 104 valence electrons. The molecular formula is C15H23N3O. The number of aromatic nitrogens is 1. The van der Waals surface area contributed by atoms with Crippen LogP contribution in [0.3, 0.4) is 0 Å². The van der Waals surface area contributed by atoms with Crippen LogP contribution in [-0.4, -0.2) is 29.6 Å². The Morgan fingerprint density at radius 1 is 1.37 bits per heavy atom. The molecule has 1 unspecified atom stereocenters. The fourth-order valence-corrected chi connectivity index (χ4v) is 3.02. The van der Waals surface area contributed by atoms with Crippen molar-refractivity contribution in [2.24, 2.45) is 0 Å². The Kier molecular flexibility index (Phi) is 3.87. The molecule has 0 spiro atoms. The second kappa shape index (κ2) is 5.78. The quantitative estimate of drug-likeness (QED) is 0.852. The van der Waals surface area contributed by atoms with Gasteiger partial charge in [-0.1, -0.05) is 0 Å². The molecule has 1 aromatic rings. The van der Waals surface area contributed by atoms with Crippen LogP contribution in [0.5, 0.6) is 0 Å². The molecule has 1 aliphatic heterocycles. The maximum absolute atomic E-state index is 12.2. The zero-order chi connectivity index (χ0) is 13.1. The highest BCUT2D eigenvalue weighted by Crippen LogP contribution is 2.32. The molecule has 4 heteroatoms. The standard InChI is InChI=1S/C15H23N3O/c19-15(17-10-8-12-4-2-9-16-12)14-7-3-11-18(14)13-5-1-6-13/h3,7,11-13,16H,1-2,4-6,8-10H2,(H,17,19). The van der Waals surface area contributed by atoms with Gasteiger partial charge in [-0.05, 0) is 57.2 Å². The van der Waals surface area contributed by atoms with Gasteiger partial charge in [0.2, 0.25) is 0 Å². The molecule has 0 bridgehead atoms. The number of rotatable bonds is 5. The minimum Gasteiger partial charge on any atom is -0.351 e. The van der Waals surface area contributed by atoms with Crippen molar-refractivity contribution in [3.05, 3.63) is 24.0 Å². The first-order valence-corrected chi connectivity index (χ1v) is 7.53. The van der Waals surface area contributed by atoms with Crippen molar-refractivity contribution in [1.29, 1.82) is 0 Å². The lowest BCUT2D eigenvalue weighted by Crippen LogP contribution is -2.32. The highest BCUT2D eigenvalue weighted by Gasteiger charge is 2.23. The van der Waals surface area contributed by atoms with E-state index < -0.39 is 0 Å². The van der Waals surface area contributed by atoms with E-state index in [9.17, 15) is 4.79 Å². The molecule has 4 nitrogen and oxygen atoms in total. The third kappa shape index (κ3) is 2.84. The Morgan fingerprint density at radius 2 is 2.26 bits per heavy atom. The zero-order valence-corrected chi connectivity index (χ0v) is 11.4. The second-order valence-electron chi connectivity index (χ2n) is 5.72. The van der Waals surface area contributed by atoms with Gasteiger partial charge in [0.05, 0.1) is 0 Å². The van der Waals surface area contributed by atoms with Crippen LogP contribution in [0.15, 0.2) is 18.3 Å². The number of amides is 1. The topological polar surface area (TPSA) is 46.1 Å². The third-order valence-corrected chi connectivity index (χ3v) is 4.42. The molecule has 1 saturated heterocycles. The number of carbonyl (C=O) groups is 1. The molecule has 2 fully saturated rings. The molecule has 2 aliphatic rings. The minimum absolute atomic E-state index is 0.0786. The molecule has 0 aromatic carbocycles. The van der Waals surface area contributed by atoms with Gasteiger partial charge < -0.3 is 15.2 Å². The maximum atomic E-state index is 12.2. The molecule has 19 heavy (non-hydrogen) atoms. The highest BCUT2D eigenvalue weighted by molar-refractivity contribution is 5.92. The van der Waals surface area contributed by atoms with Gasteiger partial charge in [-0.2, -0.15) is 0 Å². The molecule has 1 aromatic heterocycles. The monoisotopic (exact) mass is 261 g/mol. The minimum atomic E-state index is 0.0786. The average Bonchev–Trinajstić information content (AvgIpc) is 2.97. The summed E-state index contributed by atoms with van der Waals surface area (Å²) < 4.78 is 2.15. The highest BCUT2D eigenvalue weighted by atomic mass is 16.1. The number of hydrogen-bond donors (Lipinski definition) is 2. The van der Waals surface area contributed by atoms with Gasteiger partial charge in [0.25, 0.3) is 5.91 Å². The molecule has 2 heterocycles. The lowest BCUT2D eigenvalue weighted by atomic mass is 9.93. The molecule has 1 aliphatic carbocycles. The van der Waals surface area contributed by atoms with Crippen molar-refractivity contribution in [3.63, 3.8) is 0 Å². The van der Waals surface area contributed by atoms with E-state index in [1.807, 2.05) is 18.3 Å². The summed E-state index contributed by atoms with van der Waals surface area (Å²) in [5.74, 6) is 0.0786. The largest absolute Gasteiger partial charge is 0.351 e. The predicted octanol–water partition coefficient (Wildman–Crippen LogP) is 2.08. The molecule has 1 atom stereocenters. The average molecular weight is 261 g/mol. The normalized spacial score (nSPS) is 23.3. The van der Waals surface area contributed by atoms with Crippen molar-refractivity contribution >= 4 is 5.91 Å². The van der Waals surface area contributed by atoms with Gasteiger partial charge in [-0.15, -0.1) is 0 Å². The summed E-state index contributed by atoms with van der Waals surface area (Å²) in [5, 5.41) is 6.51. The van der Waals surface area contributed by atoms with Gasteiger partial charge >= 0.3 is 0 Å². The number of nitrogens with zero attached hydrogens (tertiary/aromatic N) is 1. The van der Waals surface area contributed by atoms with Gasteiger partial charge in [0.1, 0.15) is 5.69 Å². The summed E-state index contributed by atoms with van der Waals surface area (Å²) in [6.07, 6.45) is 9.30. The summed E-state index contributed by atoms with van der Waals surface area (Å²) in [7, 11) is 0. The van der Waals surface area contributed by atoms with E-state index in [-0.39, 0.29) is 5.91 Å². The molecule has 2 N–H and O–H groups in total. The zero-order valence-electron chi connectivity index (χ0n) is 11.4. The fraction of sp³-hybridized carbons (Fsp3) is 0.667. The first kappa shape index (κ1) is 12.7. The van der Waals surface area contributed by atoms with Crippen LogP contribution in [0.4, 0.5) is 0 Å². The molecule has 3 rings (SSSR count). The predicted molar refractivity (Wildman–Crippen MR) is 75.3 cm³/mol. The Morgan fingerprint density at radius 3 is 2.95 bits per heavy atom. The maximum Gasteiger partial charge on any atom is 0.267 e. The first-order chi connectivity index (χ1) is 9.34. The van der Waals surface area contributed by atoms with Crippen molar-refractivity contribution in [1.82, 2.24) is 15.2 Å². The molecule has 1 saturated carbocycles. The van der Waals surface area contributed by atoms with Gasteiger partial charge in [-0.3, -0.25) is 4.79 Å². The van der Waals surface area contributed by atoms with Gasteiger partial charge in [0.15, 0.2) is 0 Å². The van der Waals surface area contributed by atoms with Crippen molar-refractivity contribution in [2.75, 3.05) is 13.1 Å². The van der Waals surface area contributed by atoms with Gasteiger partial charge in [-0.25, -0.2) is 0 Å². The Bertz CT molecular complexity index is 430. The van der Waals surface area contributed by atoms with Crippen LogP contribution >= 0.6 is 0 Å². The van der Waals surface area contributed by atoms with E-state index in [1.165, 1.54) is 32.1 Å². The summed E-state index contributed by atoms with van der Waals surface area (Å²) in [6.45, 7) is 1.90. The van der Waals surface area contributed by atoms with Crippen LogP contribution in [0.1, 0.15) is 55.1 Å². The number of carbonyl (C=O) groups excluding carboxylic acids is 1. The van der Waals surface area contributed by atoms with E-state index >= 15 is 0 Å². The fourth-order valence-electron chi connectivity index (χ4n) is 3.02. The van der Waals surface area contributed by atoms with Crippen LogP contribution < -0.4 is 10.6 Å². The smallest absolute Gasteiger partial charge is 0.267 e. The second-order valence-corrected chi connectivity index (χ2v) is 5.72. The Hall–Kier alpha value is -1.29. The summed E-state index contributed by atoms with van der Waals surface area (Å²) in [5.41, 5.74) is 0.823. The van der Waals surface area contributed by atoms with E-state index in [4.69, 9.17) is 0 Å². The van der Waals surface area contributed by atoms with Crippen LogP contribution in [0, 0.1) is 0 Å². The van der Waals surface area contributed by atoms with E-state index in [1.54, 1.807) is 0 Å². The summed E-state index contributed by atoms with van der Waals surface area (Å²) in [4.78, 5) is 12.2. The Labute approximate surface area is 114 Å². The van der Waals surface area contributed by atoms with Crippen LogP contribution in [-0.2, 0) is 0 Å². The molecular weight excluding hydrogens is 238 g/mol. The SMILES string of the molecule is O=C(NCCC1CCCN1)c1cccn1C1CCC1. The van der Waals surface area contributed by atoms with Crippen molar-refractivity contribution < 1.29 is 4.79 Å². The van der Waals surface area contributed by atoms with E-state index in [0.717, 1.165) is 25.2 Å². The third-order valence-electron chi connectivity index (χ3n) is 4.42. The van der Waals surface area contributed by atoms with Gasteiger partial charge in [0, 0.05) is 24.8 Å². The first-order valence-electron chi connectivity index (χ1n) is 7.53. The van der Waals surface area contributed by atoms with E-state index in [2.05, 4.69) is 15.2 Å². The molecule has 1 amide bonds. The van der Waals surface area contributed by atoms with Crippen LogP contribution in [0.2, 0.25) is 0 Å². The lowest BCUT2D eigenvalue weighted by molar-refractivity contribution is 0.0937. The Balaban J connectivity index is 1.50. The number of hydrogen-bond acceptors (Lipinski definition) is 2. The molecule has 0 radical (unpaired) electrons. The van der Waals surface area contributed by atoms with Crippen molar-refractivity contribution in [2.45, 2.75) is 50.6 Å².